The first-order chi connectivity index (χ1) is 11.9. The average Bonchev–Trinajstić information content (AvgIpc) is 2.59. The fourth-order valence-electron chi connectivity index (χ4n) is 3.13. The molecule has 0 spiro atoms. The Kier molecular flexibility index (Phi) is 4.78. The van der Waals surface area contributed by atoms with Crippen LogP contribution in [0.15, 0.2) is 54.6 Å². The molecule has 0 unspecified atom stereocenters. The van der Waals surface area contributed by atoms with Crippen LogP contribution in [0.25, 0.3) is 10.8 Å². The number of rotatable bonds is 4. The zero-order chi connectivity index (χ0) is 18.1. The summed E-state index contributed by atoms with van der Waals surface area (Å²) < 4.78 is 0. The minimum Gasteiger partial charge on any atom is -0.378 e. The van der Waals surface area contributed by atoms with Crippen LogP contribution in [0, 0.1) is 0 Å². The van der Waals surface area contributed by atoms with Gasteiger partial charge in [0, 0.05) is 63.1 Å². The van der Waals surface area contributed by atoms with E-state index in [0.717, 1.165) is 22.1 Å². The molecule has 3 aromatic carbocycles. The number of benzene rings is 3. The minimum absolute atomic E-state index is 0.745. The van der Waals surface area contributed by atoms with E-state index >= 15 is 0 Å². The normalized spacial score (nSPS) is 10.8. The molecule has 3 nitrogen and oxygen atoms in total. The van der Waals surface area contributed by atoms with Crippen LogP contribution >= 0.6 is 11.6 Å². The van der Waals surface area contributed by atoms with Gasteiger partial charge in [-0.05, 0) is 30.3 Å². The van der Waals surface area contributed by atoms with Crippen LogP contribution in [0.3, 0.4) is 0 Å². The third-order valence-corrected chi connectivity index (χ3v) is 4.83. The summed E-state index contributed by atoms with van der Waals surface area (Å²) in [5.74, 6) is 0. The van der Waals surface area contributed by atoms with Gasteiger partial charge in [-0.25, -0.2) is 0 Å². The van der Waals surface area contributed by atoms with Gasteiger partial charge in [0.25, 0.3) is 0 Å². The Morgan fingerprint density at radius 3 is 1.76 bits per heavy atom. The molecular weight excluding hydrogens is 330 g/mol. The molecule has 0 radical (unpaired) electrons. The zero-order valence-electron chi connectivity index (χ0n) is 15.4. The molecule has 0 aliphatic rings. The molecule has 0 heterocycles. The first kappa shape index (κ1) is 17.4. The highest BCUT2D eigenvalue weighted by Crippen LogP contribution is 2.39. The summed E-state index contributed by atoms with van der Waals surface area (Å²) in [6, 6.07) is 19.0. The molecule has 0 saturated carbocycles. The van der Waals surface area contributed by atoms with Crippen LogP contribution < -0.4 is 14.7 Å². The number of halogens is 1. The smallest absolute Gasteiger partial charge is 0.0663 e. The van der Waals surface area contributed by atoms with Crippen molar-refractivity contribution in [1.82, 2.24) is 0 Å². The lowest BCUT2D eigenvalue weighted by Gasteiger charge is -2.25. The van der Waals surface area contributed by atoms with Crippen molar-refractivity contribution in [2.75, 3.05) is 49.9 Å². The fourth-order valence-corrected chi connectivity index (χ4v) is 3.43. The summed E-state index contributed by atoms with van der Waals surface area (Å²) in [5, 5.41) is 3.19. The van der Waals surface area contributed by atoms with Crippen LogP contribution in [-0.2, 0) is 0 Å². The van der Waals surface area contributed by atoms with Crippen molar-refractivity contribution in [3.63, 3.8) is 0 Å². The maximum absolute atomic E-state index is 6.57. The van der Waals surface area contributed by atoms with Crippen LogP contribution in [0.5, 0.6) is 0 Å². The summed E-state index contributed by atoms with van der Waals surface area (Å²) in [6.07, 6.45) is 0. The monoisotopic (exact) mass is 353 g/mol. The molecule has 0 saturated heterocycles. The predicted octanol–water partition coefficient (Wildman–Crippen LogP) is 5.39. The van der Waals surface area contributed by atoms with E-state index in [2.05, 4.69) is 84.4 Å². The van der Waals surface area contributed by atoms with E-state index in [0.29, 0.717) is 0 Å². The van der Waals surface area contributed by atoms with Gasteiger partial charge in [0.05, 0.1) is 10.7 Å². The number of fused-ring (bicyclic) bond motifs is 1. The Balaban J connectivity index is 2.12. The number of hydrogen-bond donors (Lipinski definition) is 0. The molecule has 0 bridgehead atoms. The standard InChI is InChI=1S/C21H24ClN3/c1-23(2)15-10-11-21(18(22)14-15)25(5)20-13-12-19(24(3)4)16-8-6-7-9-17(16)20/h6-14H,1-5H3. The van der Waals surface area contributed by atoms with Gasteiger partial charge in [0.2, 0.25) is 0 Å². The highest BCUT2D eigenvalue weighted by Gasteiger charge is 2.14. The molecule has 0 atom stereocenters. The van der Waals surface area contributed by atoms with Crippen LogP contribution in [-0.4, -0.2) is 35.2 Å². The van der Waals surface area contributed by atoms with Gasteiger partial charge in [-0.3, -0.25) is 0 Å². The van der Waals surface area contributed by atoms with E-state index in [1.165, 1.54) is 16.5 Å². The predicted molar refractivity (Wildman–Crippen MR) is 112 cm³/mol. The van der Waals surface area contributed by atoms with Gasteiger partial charge in [-0.15, -0.1) is 0 Å². The molecule has 4 heteroatoms. The van der Waals surface area contributed by atoms with E-state index < -0.39 is 0 Å². The lowest BCUT2D eigenvalue weighted by atomic mass is 10.0. The van der Waals surface area contributed by atoms with Crippen molar-refractivity contribution in [1.29, 1.82) is 0 Å². The average molecular weight is 354 g/mol. The molecule has 130 valence electrons. The van der Waals surface area contributed by atoms with Crippen molar-refractivity contribution in [2.45, 2.75) is 0 Å². The third-order valence-electron chi connectivity index (χ3n) is 4.53. The van der Waals surface area contributed by atoms with Gasteiger partial charge < -0.3 is 14.7 Å². The summed E-state index contributed by atoms with van der Waals surface area (Å²) in [6.45, 7) is 0. The van der Waals surface area contributed by atoms with Crippen LogP contribution in [0.2, 0.25) is 5.02 Å². The largest absolute Gasteiger partial charge is 0.378 e. The quantitative estimate of drug-likeness (QED) is 0.622. The molecule has 3 aromatic rings. The highest BCUT2D eigenvalue weighted by atomic mass is 35.5. The highest BCUT2D eigenvalue weighted by molar-refractivity contribution is 6.33. The maximum Gasteiger partial charge on any atom is 0.0663 e. The first-order valence-corrected chi connectivity index (χ1v) is 8.67. The van der Waals surface area contributed by atoms with Crippen molar-refractivity contribution >= 4 is 45.1 Å². The second kappa shape index (κ2) is 6.85. The molecule has 0 N–H and O–H groups in total. The Bertz CT molecular complexity index is 903. The van der Waals surface area contributed by atoms with Gasteiger partial charge in [-0.1, -0.05) is 35.9 Å². The number of anilines is 4. The van der Waals surface area contributed by atoms with E-state index in [9.17, 15) is 0 Å². The van der Waals surface area contributed by atoms with Gasteiger partial charge >= 0.3 is 0 Å². The Morgan fingerprint density at radius 2 is 1.20 bits per heavy atom. The van der Waals surface area contributed by atoms with Crippen LogP contribution in [0.4, 0.5) is 22.7 Å². The SMILES string of the molecule is CN(C)c1ccc(N(C)c2ccc(N(C)C)c3ccccc23)c(Cl)c1. The van der Waals surface area contributed by atoms with E-state index in [-0.39, 0.29) is 0 Å². The molecule has 0 aromatic heterocycles. The molecule has 25 heavy (non-hydrogen) atoms. The topological polar surface area (TPSA) is 9.72 Å². The van der Waals surface area contributed by atoms with Gasteiger partial charge in [-0.2, -0.15) is 0 Å². The summed E-state index contributed by atoms with van der Waals surface area (Å²) >= 11 is 6.57. The third kappa shape index (κ3) is 3.24. The molecule has 0 aliphatic carbocycles. The maximum atomic E-state index is 6.57. The lowest BCUT2D eigenvalue weighted by Crippen LogP contribution is -2.14. The molecule has 0 amide bonds. The Labute approximate surface area is 155 Å². The zero-order valence-corrected chi connectivity index (χ0v) is 16.2. The van der Waals surface area contributed by atoms with Crippen molar-refractivity contribution in [2.24, 2.45) is 0 Å². The molecular formula is C21H24ClN3. The second-order valence-electron chi connectivity index (χ2n) is 6.63. The first-order valence-electron chi connectivity index (χ1n) is 8.30. The van der Waals surface area contributed by atoms with Gasteiger partial charge in [0.1, 0.15) is 0 Å². The summed E-state index contributed by atoms with van der Waals surface area (Å²) in [5.41, 5.74) is 4.44. The number of nitrogens with zero attached hydrogens (tertiary/aromatic N) is 3. The summed E-state index contributed by atoms with van der Waals surface area (Å²) in [4.78, 5) is 6.35. The lowest BCUT2D eigenvalue weighted by molar-refractivity contribution is 1.13. The van der Waals surface area contributed by atoms with Gasteiger partial charge in [0.15, 0.2) is 0 Å². The second-order valence-corrected chi connectivity index (χ2v) is 7.04. The van der Waals surface area contributed by atoms with E-state index in [1.54, 1.807) is 0 Å². The molecule has 0 fully saturated rings. The van der Waals surface area contributed by atoms with Crippen molar-refractivity contribution in [3.05, 3.63) is 59.6 Å². The molecule has 0 aliphatic heterocycles. The van der Waals surface area contributed by atoms with E-state index in [1.807, 2.05) is 20.2 Å². The van der Waals surface area contributed by atoms with Crippen molar-refractivity contribution in [3.8, 4) is 0 Å². The van der Waals surface area contributed by atoms with Crippen molar-refractivity contribution < 1.29 is 0 Å². The van der Waals surface area contributed by atoms with E-state index in [4.69, 9.17) is 11.6 Å². The minimum atomic E-state index is 0.745. The summed E-state index contributed by atoms with van der Waals surface area (Å²) in [7, 11) is 10.2. The molecule has 3 rings (SSSR count). The fraction of sp³-hybridized carbons (Fsp3) is 0.238. The Hall–Kier alpha value is -2.39. The van der Waals surface area contributed by atoms with Crippen LogP contribution in [0.1, 0.15) is 0 Å². The Morgan fingerprint density at radius 1 is 0.640 bits per heavy atom. The number of hydrogen-bond acceptors (Lipinski definition) is 3.